The maximum atomic E-state index is 13.4. The molecule has 1 aliphatic carbocycles. The van der Waals surface area contributed by atoms with E-state index in [0.717, 1.165) is 53.6 Å². The summed E-state index contributed by atoms with van der Waals surface area (Å²) >= 11 is 4.34. The quantitative estimate of drug-likeness (QED) is 0.226. The Labute approximate surface area is 205 Å². The largest absolute Gasteiger partial charge is 0.324 e. The summed E-state index contributed by atoms with van der Waals surface area (Å²) in [6.45, 7) is 2.76. The van der Waals surface area contributed by atoms with E-state index in [9.17, 15) is 9.59 Å². The van der Waals surface area contributed by atoms with Crippen LogP contribution in [0, 0.1) is 11.3 Å². The first kappa shape index (κ1) is 23.9. The highest BCUT2D eigenvalue weighted by molar-refractivity contribution is 8.00. The van der Waals surface area contributed by atoms with Crippen molar-refractivity contribution in [1.82, 2.24) is 9.55 Å². The molecule has 1 N–H and O–H groups in total. The number of fused-ring (bicyclic) bond motifs is 3. The monoisotopic (exact) mass is 498 g/mol. The lowest BCUT2D eigenvalue weighted by Crippen LogP contribution is -2.24. The first-order valence-electron chi connectivity index (χ1n) is 11.2. The van der Waals surface area contributed by atoms with Crippen molar-refractivity contribution in [3.8, 4) is 6.07 Å². The van der Waals surface area contributed by atoms with Crippen LogP contribution in [-0.4, -0.2) is 27.0 Å². The van der Waals surface area contributed by atoms with Crippen LogP contribution >= 0.6 is 34.9 Å². The van der Waals surface area contributed by atoms with Gasteiger partial charge in [-0.2, -0.15) is 5.26 Å². The number of para-hydroxylation sites is 1. The minimum Gasteiger partial charge on any atom is -0.324 e. The van der Waals surface area contributed by atoms with E-state index in [-0.39, 0.29) is 17.2 Å². The number of carbonyl (C=O) groups excluding carboxylic acids is 1. The smallest absolute Gasteiger partial charge is 0.263 e. The summed E-state index contributed by atoms with van der Waals surface area (Å²) in [7, 11) is 0. The first-order valence-corrected chi connectivity index (χ1v) is 14.0. The van der Waals surface area contributed by atoms with E-state index in [1.165, 1.54) is 34.0 Å². The number of benzene rings is 1. The number of aryl methyl sites for hydroxylation is 2. The van der Waals surface area contributed by atoms with Crippen LogP contribution in [0.4, 0.5) is 5.69 Å². The van der Waals surface area contributed by atoms with Gasteiger partial charge >= 0.3 is 0 Å². The number of amides is 1. The highest BCUT2D eigenvalue weighted by Crippen LogP contribution is 2.35. The topological polar surface area (TPSA) is 87.8 Å². The van der Waals surface area contributed by atoms with Gasteiger partial charge in [-0.3, -0.25) is 14.2 Å². The highest BCUT2D eigenvalue weighted by Gasteiger charge is 2.23. The Balaban J connectivity index is 1.54. The van der Waals surface area contributed by atoms with Gasteiger partial charge in [-0.15, -0.1) is 23.1 Å². The lowest BCUT2D eigenvalue weighted by Gasteiger charge is -2.13. The van der Waals surface area contributed by atoms with Gasteiger partial charge in [-0.05, 0) is 43.4 Å². The molecule has 0 bridgehead atoms. The molecule has 0 unspecified atom stereocenters. The summed E-state index contributed by atoms with van der Waals surface area (Å²) in [5, 5.41) is 13.2. The third-order valence-corrected chi connectivity index (χ3v) is 8.66. The van der Waals surface area contributed by atoms with Crippen molar-refractivity contribution in [1.29, 1.82) is 5.26 Å². The number of unbranched alkanes of at least 4 members (excludes halogenated alkanes) is 2. The minimum absolute atomic E-state index is 0.0386. The van der Waals surface area contributed by atoms with Crippen LogP contribution in [-0.2, 0) is 24.2 Å². The van der Waals surface area contributed by atoms with Crippen molar-refractivity contribution in [3.63, 3.8) is 0 Å². The van der Waals surface area contributed by atoms with Gasteiger partial charge in [0, 0.05) is 16.3 Å². The normalized spacial score (nSPS) is 12.6. The fraction of sp³-hybridized carbons (Fsp3) is 0.417. The zero-order chi connectivity index (χ0) is 23.2. The van der Waals surface area contributed by atoms with Crippen LogP contribution in [0.1, 0.15) is 43.0 Å². The Kier molecular flexibility index (Phi) is 8.12. The second-order valence-electron chi connectivity index (χ2n) is 7.88. The predicted molar refractivity (Wildman–Crippen MR) is 138 cm³/mol. The number of thioether (sulfide) groups is 2. The molecule has 2 heterocycles. The molecule has 1 aromatic carbocycles. The van der Waals surface area contributed by atoms with Gasteiger partial charge in [0.15, 0.2) is 5.16 Å². The van der Waals surface area contributed by atoms with Crippen molar-refractivity contribution in [3.05, 3.63) is 45.1 Å². The Hall–Kier alpha value is -2.28. The molecule has 0 fully saturated rings. The van der Waals surface area contributed by atoms with Crippen LogP contribution < -0.4 is 10.9 Å². The lowest BCUT2D eigenvalue weighted by molar-refractivity contribution is -0.113. The van der Waals surface area contributed by atoms with Crippen molar-refractivity contribution < 1.29 is 4.79 Å². The molecule has 0 spiro atoms. The fourth-order valence-electron chi connectivity index (χ4n) is 4.01. The number of aromatic nitrogens is 2. The maximum Gasteiger partial charge on any atom is 0.263 e. The van der Waals surface area contributed by atoms with Crippen LogP contribution in [0.3, 0.4) is 0 Å². The molecule has 2 aromatic heterocycles. The van der Waals surface area contributed by atoms with Gasteiger partial charge in [0.25, 0.3) is 5.56 Å². The number of hydrogen-bond acceptors (Lipinski definition) is 7. The van der Waals surface area contributed by atoms with Gasteiger partial charge in [0.1, 0.15) is 4.83 Å². The summed E-state index contributed by atoms with van der Waals surface area (Å²) < 4.78 is 1.78. The molecular weight excluding hydrogens is 472 g/mol. The molecule has 1 amide bonds. The van der Waals surface area contributed by atoms with Gasteiger partial charge in [-0.25, -0.2) is 4.98 Å². The number of hydrogen-bond donors (Lipinski definition) is 1. The summed E-state index contributed by atoms with van der Waals surface area (Å²) in [6, 6.07) is 9.58. The molecule has 1 aliphatic rings. The van der Waals surface area contributed by atoms with Crippen molar-refractivity contribution >= 4 is 56.7 Å². The number of nitrogens with zero attached hydrogens (tertiary/aromatic N) is 3. The summed E-state index contributed by atoms with van der Waals surface area (Å²) in [5.41, 5.74) is 1.93. The third-order valence-electron chi connectivity index (χ3n) is 5.56. The molecule has 0 radical (unpaired) electrons. The van der Waals surface area contributed by atoms with E-state index in [0.29, 0.717) is 23.1 Å². The van der Waals surface area contributed by atoms with Gasteiger partial charge in [-0.1, -0.05) is 43.7 Å². The van der Waals surface area contributed by atoms with Crippen LogP contribution in [0.5, 0.6) is 0 Å². The van der Waals surface area contributed by atoms with E-state index in [1.54, 1.807) is 15.9 Å². The number of rotatable bonds is 10. The van der Waals surface area contributed by atoms with E-state index in [2.05, 4.69) is 18.3 Å². The predicted octanol–water partition coefficient (Wildman–Crippen LogP) is 5.48. The number of anilines is 1. The molecule has 0 saturated carbocycles. The van der Waals surface area contributed by atoms with Gasteiger partial charge in [0.2, 0.25) is 5.91 Å². The number of nitriles is 1. The average molecular weight is 499 g/mol. The molecule has 4 rings (SSSR count). The molecule has 33 heavy (non-hydrogen) atoms. The Morgan fingerprint density at radius 1 is 1.27 bits per heavy atom. The second kappa shape index (κ2) is 11.2. The van der Waals surface area contributed by atoms with Crippen LogP contribution in [0.25, 0.3) is 10.2 Å². The summed E-state index contributed by atoms with van der Waals surface area (Å²) in [4.78, 5) is 34.0. The molecular formula is C24H26N4O2S3. The molecule has 9 heteroatoms. The van der Waals surface area contributed by atoms with Crippen molar-refractivity contribution in [2.24, 2.45) is 0 Å². The van der Waals surface area contributed by atoms with Crippen molar-refractivity contribution in [2.75, 3.05) is 16.8 Å². The number of carbonyl (C=O) groups is 1. The molecule has 0 aliphatic heterocycles. The molecule has 6 nitrogen and oxygen atoms in total. The van der Waals surface area contributed by atoms with Crippen LogP contribution in [0.2, 0.25) is 0 Å². The maximum absolute atomic E-state index is 13.4. The van der Waals surface area contributed by atoms with Gasteiger partial charge in [0.05, 0.1) is 28.6 Å². The molecule has 0 atom stereocenters. The van der Waals surface area contributed by atoms with Crippen LogP contribution in [0.15, 0.2) is 39.1 Å². The lowest BCUT2D eigenvalue weighted by atomic mass is 10.2. The average Bonchev–Trinajstić information content (AvgIpc) is 3.40. The van der Waals surface area contributed by atoms with E-state index in [4.69, 9.17) is 10.2 Å². The number of thiophene rings is 1. The number of nitrogens with one attached hydrogen (secondary N) is 1. The third kappa shape index (κ3) is 5.45. The molecule has 3 aromatic rings. The SMILES string of the molecule is CCCCCn1c(SCC(=O)Nc2ccccc2SCC#N)nc2sc3c(c2c1=O)CCC3. The second-order valence-corrected chi connectivity index (χ2v) is 10.9. The Morgan fingerprint density at radius 2 is 2.12 bits per heavy atom. The van der Waals surface area contributed by atoms with E-state index >= 15 is 0 Å². The van der Waals surface area contributed by atoms with Gasteiger partial charge < -0.3 is 5.32 Å². The standard InChI is InChI=1S/C24H26N4O2S3/c1-2-3-6-13-28-23(30)21-16-8-7-11-18(16)33-22(21)27-24(28)32-15-20(29)26-17-9-4-5-10-19(17)31-14-12-25/h4-5,9-10H,2-3,6-8,11,13-15H2,1H3,(H,26,29). The summed E-state index contributed by atoms with van der Waals surface area (Å²) in [5.74, 6) is 0.321. The van der Waals surface area contributed by atoms with Crippen molar-refractivity contribution in [2.45, 2.75) is 62.0 Å². The zero-order valence-electron chi connectivity index (χ0n) is 18.6. The van der Waals surface area contributed by atoms with E-state index < -0.39 is 0 Å². The highest BCUT2D eigenvalue weighted by atomic mass is 32.2. The first-order chi connectivity index (χ1) is 16.1. The van der Waals surface area contributed by atoms with E-state index in [1.807, 2.05) is 24.3 Å². The summed E-state index contributed by atoms with van der Waals surface area (Å²) in [6.07, 6.45) is 6.13. The minimum atomic E-state index is -0.159. The fourth-order valence-corrected chi connectivity index (χ4v) is 6.80. The molecule has 172 valence electrons. The molecule has 0 saturated heterocycles. The Morgan fingerprint density at radius 3 is 2.94 bits per heavy atom. The zero-order valence-corrected chi connectivity index (χ0v) is 21.0. The Bertz CT molecular complexity index is 1260.